The van der Waals surface area contributed by atoms with Gasteiger partial charge in [0.15, 0.2) is 0 Å². The molecule has 1 heterocycles. The largest absolute Gasteiger partial charge is 0.465 e. The summed E-state index contributed by atoms with van der Waals surface area (Å²) in [5.74, 6) is -0.205. The van der Waals surface area contributed by atoms with Gasteiger partial charge in [0, 0.05) is 12.5 Å². The highest BCUT2D eigenvalue weighted by Gasteiger charge is 2.12. The van der Waals surface area contributed by atoms with E-state index in [4.69, 9.17) is 5.73 Å². The molecule has 1 atom stereocenters. The van der Waals surface area contributed by atoms with Crippen LogP contribution in [0, 0.1) is 6.92 Å². The van der Waals surface area contributed by atoms with Crippen LogP contribution in [0.2, 0.25) is 0 Å². The Hall–Kier alpha value is -2.11. The van der Waals surface area contributed by atoms with Crippen LogP contribution in [0.1, 0.15) is 29.4 Å². The summed E-state index contributed by atoms with van der Waals surface area (Å²) in [4.78, 5) is 26.3. The lowest BCUT2D eigenvalue weighted by atomic mass is 10.2. The van der Waals surface area contributed by atoms with E-state index < -0.39 is 5.97 Å². The van der Waals surface area contributed by atoms with E-state index in [2.05, 4.69) is 15.0 Å². The summed E-state index contributed by atoms with van der Waals surface area (Å²) in [6, 6.07) is 3.18. The second kappa shape index (κ2) is 6.00. The van der Waals surface area contributed by atoms with Gasteiger partial charge in [0.25, 0.3) is 0 Å². The summed E-state index contributed by atoms with van der Waals surface area (Å²) in [5.41, 5.74) is 6.09. The lowest BCUT2D eigenvalue weighted by Gasteiger charge is -2.13. The molecule has 1 unspecified atom stereocenters. The molecule has 1 rings (SSSR count). The molecule has 0 aromatic carbocycles. The first-order chi connectivity index (χ1) is 8.43. The van der Waals surface area contributed by atoms with Crippen molar-refractivity contribution >= 4 is 17.7 Å². The number of hydrogen-bond acceptors (Lipinski definition) is 5. The number of carbonyl (C=O) groups excluding carboxylic acids is 2. The molecular formula is C12H17N3O3. The highest BCUT2D eigenvalue weighted by molar-refractivity contribution is 5.90. The molecule has 0 bridgehead atoms. The number of methoxy groups -OCH3 is 1. The molecule has 0 spiro atoms. The van der Waals surface area contributed by atoms with Crippen LogP contribution in [0.25, 0.3) is 0 Å². The maximum absolute atomic E-state index is 11.4. The summed E-state index contributed by atoms with van der Waals surface area (Å²) >= 11 is 0. The number of amides is 1. The Kier molecular flexibility index (Phi) is 4.65. The standard InChI is InChI=1S/C12H17N3O3/c1-7(6-10(13)16)14-11-5-4-9(8(2)15-11)12(17)18-3/h4-5,7H,6H2,1-3H3,(H2,13,16)(H,14,15). The molecule has 0 aliphatic carbocycles. The predicted octanol–water partition coefficient (Wildman–Crippen LogP) is 0.852. The van der Waals surface area contributed by atoms with Crippen molar-refractivity contribution in [3.8, 4) is 0 Å². The van der Waals surface area contributed by atoms with Crippen LogP contribution in [0.15, 0.2) is 12.1 Å². The molecule has 0 aliphatic heterocycles. The number of anilines is 1. The predicted molar refractivity (Wildman–Crippen MR) is 67.2 cm³/mol. The molecule has 0 fully saturated rings. The summed E-state index contributed by atoms with van der Waals surface area (Å²) < 4.78 is 4.63. The van der Waals surface area contributed by atoms with Crippen molar-refractivity contribution in [2.75, 3.05) is 12.4 Å². The topological polar surface area (TPSA) is 94.3 Å². The minimum absolute atomic E-state index is 0.113. The second-order valence-corrected chi connectivity index (χ2v) is 4.04. The number of primary amides is 1. The third-order valence-electron chi connectivity index (χ3n) is 2.39. The number of ether oxygens (including phenoxy) is 1. The number of aryl methyl sites for hydroxylation is 1. The van der Waals surface area contributed by atoms with E-state index in [1.165, 1.54) is 7.11 Å². The molecular weight excluding hydrogens is 234 g/mol. The van der Waals surface area contributed by atoms with Gasteiger partial charge in [-0.2, -0.15) is 0 Å². The number of nitrogens with one attached hydrogen (secondary N) is 1. The molecule has 0 radical (unpaired) electrons. The zero-order chi connectivity index (χ0) is 13.7. The van der Waals surface area contributed by atoms with E-state index >= 15 is 0 Å². The third kappa shape index (κ3) is 3.73. The number of aromatic nitrogens is 1. The second-order valence-electron chi connectivity index (χ2n) is 4.04. The van der Waals surface area contributed by atoms with Crippen LogP contribution in [0.3, 0.4) is 0 Å². The van der Waals surface area contributed by atoms with E-state index in [9.17, 15) is 9.59 Å². The molecule has 1 aromatic heterocycles. The van der Waals surface area contributed by atoms with Crippen molar-refractivity contribution in [2.24, 2.45) is 5.73 Å². The summed E-state index contributed by atoms with van der Waals surface area (Å²) in [6.07, 6.45) is 0.222. The maximum atomic E-state index is 11.4. The van der Waals surface area contributed by atoms with Gasteiger partial charge in [0.1, 0.15) is 5.82 Å². The number of hydrogen-bond donors (Lipinski definition) is 2. The number of esters is 1. The Balaban J connectivity index is 2.78. The van der Waals surface area contributed by atoms with Crippen molar-refractivity contribution in [1.82, 2.24) is 4.98 Å². The Bertz CT molecular complexity index is 460. The molecule has 6 heteroatoms. The average molecular weight is 251 g/mol. The van der Waals surface area contributed by atoms with Crippen LogP contribution in [0.4, 0.5) is 5.82 Å². The number of pyridine rings is 1. The Morgan fingerprint density at radius 2 is 2.17 bits per heavy atom. The SMILES string of the molecule is COC(=O)c1ccc(NC(C)CC(N)=O)nc1C. The van der Waals surface area contributed by atoms with E-state index in [-0.39, 0.29) is 18.4 Å². The molecule has 0 saturated carbocycles. The van der Waals surface area contributed by atoms with Gasteiger partial charge in [-0.15, -0.1) is 0 Å². The number of carbonyl (C=O) groups is 2. The van der Waals surface area contributed by atoms with Gasteiger partial charge in [-0.25, -0.2) is 9.78 Å². The van der Waals surface area contributed by atoms with Crippen molar-refractivity contribution in [3.05, 3.63) is 23.4 Å². The van der Waals surface area contributed by atoms with Gasteiger partial charge >= 0.3 is 5.97 Å². The van der Waals surface area contributed by atoms with Gasteiger partial charge < -0.3 is 15.8 Å². The Labute approximate surface area is 106 Å². The zero-order valence-corrected chi connectivity index (χ0v) is 10.7. The maximum Gasteiger partial charge on any atom is 0.339 e. The summed E-state index contributed by atoms with van der Waals surface area (Å²) in [7, 11) is 1.32. The lowest BCUT2D eigenvalue weighted by Crippen LogP contribution is -2.24. The van der Waals surface area contributed by atoms with E-state index in [1.54, 1.807) is 19.1 Å². The smallest absolute Gasteiger partial charge is 0.339 e. The van der Waals surface area contributed by atoms with Gasteiger partial charge in [0.2, 0.25) is 5.91 Å². The monoisotopic (exact) mass is 251 g/mol. The van der Waals surface area contributed by atoms with Gasteiger partial charge in [-0.3, -0.25) is 4.79 Å². The van der Waals surface area contributed by atoms with Crippen LogP contribution in [-0.2, 0) is 9.53 Å². The fourth-order valence-corrected chi connectivity index (χ4v) is 1.57. The lowest BCUT2D eigenvalue weighted by molar-refractivity contribution is -0.118. The fourth-order valence-electron chi connectivity index (χ4n) is 1.57. The molecule has 1 aromatic rings. The number of nitrogens with zero attached hydrogens (tertiary/aromatic N) is 1. The Morgan fingerprint density at radius 1 is 1.50 bits per heavy atom. The molecule has 18 heavy (non-hydrogen) atoms. The van der Waals surface area contributed by atoms with Crippen molar-refractivity contribution in [3.63, 3.8) is 0 Å². The molecule has 0 saturated heterocycles. The quantitative estimate of drug-likeness (QED) is 0.757. The van der Waals surface area contributed by atoms with Crippen LogP contribution >= 0.6 is 0 Å². The van der Waals surface area contributed by atoms with Crippen molar-refractivity contribution in [2.45, 2.75) is 26.3 Å². The van der Waals surface area contributed by atoms with Gasteiger partial charge in [0.05, 0.1) is 18.4 Å². The molecule has 6 nitrogen and oxygen atoms in total. The Morgan fingerprint density at radius 3 is 2.67 bits per heavy atom. The third-order valence-corrected chi connectivity index (χ3v) is 2.39. The zero-order valence-electron chi connectivity index (χ0n) is 10.7. The van der Waals surface area contributed by atoms with Crippen LogP contribution in [-0.4, -0.2) is 30.0 Å². The minimum Gasteiger partial charge on any atom is -0.465 e. The average Bonchev–Trinajstić information content (AvgIpc) is 2.27. The first kappa shape index (κ1) is 14.0. The van der Waals surface area contributed by atoms with Gasteiger partial charge in [-0.05, 0) is 26.0 Å². The first-order valence-electron chi connectivity index (χ1n) is 5.55. The highest BCUT2D eigenvalue weighted by Crippen LogP contribution is 2.13. The fraction of sp³-hybridized carbons (Fsp3) is 0.417. The number of rotatable bonds is 5. The van der Waals surface area contributed by atoms with Crippen molar-refractivity contribution in [1.29, 1.82) is 0 Å². The van der Waals surface area contributed by atoms with E-state index in [1.807, 2.05) is 6.92 Å². The molecule has 3 N–H and O–H groups in total. The number of nitrogens with two attached hydrogens (primary N) is 1. The van der Waals surface area contributed by atoms with E-state index in [0.717, 1.165) is 0 Å². The first-order valence-corrected chi connectivity index (χ1v) is 5.55. The van der Waals surface area contributed by atoms with Gasteiger partial charge in [-0.1, -0.05) is 0 Å². The molecule has 1 amide bonds. The van der Waals surface area contributed by atoms with Crippen LogP contribution in [0.5, 0.6) is 0 Å². The summed E-state index contributed by atoms with van der Waals surface area (Å²) in [6.45, 7) is 3.55. The van der Waals surface area contributed by atoms with E-state index in [0.29, 0.717) is 17.1 Å². The molecule has 0 aliphatic rings. The normalized spacial score (nSPS) is 11.7. The highest BCUT2D eigenvalue weighted by atomic mass is 16.5. The minimum atomic E-state index is -0.420. The molecule has 98 valence electrons. The van der Waals surface area contributed by atoms with Crippen LogP contribution < -0.4 is 11.1 Å². The van der Waals surface area contributed by atoms with Crippen molar-refractivity contribution < 1.29 is 14.3 Å². The summed E-state index contributed by atoms with van der Waals surface area (Å²) in [5, 5.41) is 3.03.